The molecule has 30 heavy (non-hydrogen) atoms. The van der Waals surface area contributed by atoms with E-state index in [9.17, 15) is 22.0 Å². The van der Waals surface area contributed by atoms with Gasteiger partial charge in [-0.05, 0) is 32.8 Å². The molecule has 0 unspecified atom stereocenters. The molecule has 3 heterocycles. The number of carbonyl (C=O) groups excluding carboxylic acids is 1. The van der Waals surface area contributed by atoms with Crippen LogP contribution in [-0.2, 0) is 14.8 Å². The molecular weight excluding hydrogens is 438 g/mol. The Morgan fingerprint density at radius 1 is 1.23 bits per heavy atom. The molecule has 0 radical (unpaired) electrons. The van der Waals surface area contributed by atoms with E-state index in [1.807, 2.05) is 0 Å². The average Bonchev–Trinajstić information content (AvgIpc) is 3.24. The summed E-state index contributed by atoms with van der Waals surface area (Å²) in [7, 11) is -3.75. The molecular formula is C18H18F2N4O4S2. The highest BCUT2D eigenvalue weighted by Crippen LogP contribution is 2.30. The van der Waals surface area contributed by atoms with Crippen molar-refractivity contribution >= 4 is 42.6 Å². The molecule has 0 spiro atoms. The van der Waals surface area contributed by atoms with Crippen LogP contribution in [0.1, 0.15) is 24.3 Å². The van der Waals surface area contributed by atoms with Crippen molar-refractivity contribution in [3.8, 4) is 0 Å². The minimum absolute atomic E-state index is 0.0688. The molecule has 160 valence electrons. The zero-order valence-electron chi connectivity index (χ0n) is 16.1. The molecule has 0 atom stereocenters. The van der Waals surface area contributed by atoms with Crippen LogP contribution >= 0.6 is 11.3 Å². The number of hydrogen-bond acceptors (Lipinski definition) is 7. The van der Waals surface area contributed by atoms with Crippen LogP contribution < -0.4 is 5.32 Å². The third kappa shape index (κ3) is 3.70. The second-order valence-corrected chi connectivity index (χ2v) is 9.98. The van der Waals surface area contributed by atoms with Gasteiger partial charge < -0.3 is 9.84 Å². The lowest BCUT2D eigenvalue weighted by Crippen LogP contribution is -2.41. The molecule has 1 N–H and O–H groups in total. The van der Waals surface area contributed by atoms with Gasteiger partial charge in [-0.25, -0.2) is 22.2 Å². The van der Waals surface area contributed by atoms with Crippen molar-refractivity contribution in [2.24, 2.45) is 5.92 Å². The average molecular weight is 456 g/mol. The summed E-state index contributed by atoms with van der Waals surface area (Å²) in [6.07, 6.45) is 0.672. The predicted octanol–water partition coefficient (Wildman–Crippen LogP) is 3.22. The third-order valence-corrected chi connectivity index (χ3v) is 8.13. The molecule has 1 fully saturated rings. The first-order valence-electron chi connectivity index (χ1n) is 9.16. The Labute approximate surface area is 174 Å². The Morgan fingerprint density at radius 3 is 2.53 bits per heavy atom. The number of aromatic nitrogens is 2. The van der Waals surface area contributed by atoms with Crippen LogP contribution in [0.4, 0.5) is 13.9 Å². The SMILES string of the molecule is Cc1noc(C)c1S(=O)(=O)N1CCC(C(=O)Nc2nc3cc(F)c(F)cc3s2)CC1. The predicted molar refractivity (Wildman–Crippen MR) is 106 cm³/mol. The Kier molecular flexibility index (Phi) is 5.32. The molecule has 12 heteroatoms. The van der Waals surface area contributed by atoms with Crippen molar-refractivity contribution < 1.29 is 26.5 Å². The zero-order chi connectivity index (χ0) is 21.6. The highest BCUT2D eigenvalue weighted by Gasteiger charge is 2.35. The summed E-state index contributed by atoms with van der Waals surface area (Å²) in [4.78, 5) is 16.8. The number of carbonyl (C=O) groups is 1. The number of benzene rings is 1. The van der Waals surface area contributed by atoms with Crippen LogP contribution in [0.15, 0.2) is 21.6 Å². The molecule has 3 aromatic rings. The molecule has 2 aromatic heterocycles. The summed E-state index contributed by atoms with van der Waals surface area (Å²) in [6, 6.07) is 2.02. The van der Waals surface area contributed by atoms with Crippen molar-refractivity contribution in [3.05, 3.63) is 35.2 Å². The van der Waals surface area contributed by atoms with Gasteiger partial charge in [0, 0.05) is 25.1 Å². The van der Waals surface area contributed by atoms with Gasteiger partial charge in [-0.15, -0.1) is 0 Å². The van der Waals surface area contributed by atoms with Crippen molar-refractivity contribution in [2.45, 2.75) is 31.6 Å². The molecule has 0 aliphatic carbocycles. The number of thiazole rings is 1. The smallest absolute Gasteiger partial charge is 0.248 e. The lowest BCUT2D eigenvalue weighted by molar-refractivity contribution is -0.120. The number of nitrogens with zero attached hydrogens (tertiary/aromatic N) is 3. The molecule has 1 aliphatic heterocycles. The summed E-state index contributed by atoms with van der Waals surface area (Å²) >= 11 is 1.05. The van der Waals surface area contributed by atoms with E-state index in [2.05, 4.69) is 15.5 Å². The van der Waals surface area contributed by atoms with Crippen LogP contribution in [0.25, 0.3) is 10.2 Å². The fourth-order valence-corrected chi connectivity index (χ4v) is 6.15. The van der Waals surface area contributed by atoms with E-state index in [4.69, 9.17) is 4.52 Å². The second kappa shape index (κ2) is 7.67. The van der Waals surface area contributed by atoms with Gasteiger partial charge in [0.2, 0.25) is 15.9 Å². The third-order valence-electron chi connectivity index (χ3n) is 5.05. The Morgan fingerprint density at radius 2 is 1.90 bits per heavy atom. The van der Waals surface area contributed by atoms with Gasteiger partial charge in [0.1, 0.15) is 10.6 Å². The fraction of sp³-hybridized carbons (Fsp3) is 0.389. The van der Waals surface area contributed by atoms with E-state index in [0.717, 1.165) is 23.5 Å². The first-order chi connectivity index (χ1) is 14.2. The zero-order valence-corrected chi connectivity index (χ0v) is 17.7. The maximum atomic E-state index is 13.3. The van der Waals surface area contributed by atoms with Crippen molar-refractivity contribution in [1.29, 1.82) is 0 Å². The quantitative estimate of drug-likeness (QED) is 0.646. The van der Waals surface area contributed by atoms with Crippen molar-refractivity contribution in [2.75, 3.05) is 18.4 Å². The summed E-state index contributed by atoms with van der Waals surface area (Å²) < 4.78 is 59.1. The molecule has 1 amide bonds. The highest BCUT2D eigenvalue weighted by molar-refractivity contribution is 7.89. The number of anilines is 1. The molecule has 1 aliphatic rings. The Balaban J connectivity index is 1.42. The summed E-state index contributed by atoms with van der Waals surface area (Å²) in [5.74, 6) is -2.45. The van der Waals surface area contributed by atoms with Crippen LogP contribution in [0.2, 0.25) is 0 Å². The first kappa shape index (κ1) is 20.8. The molecule has 0 saturated carbocycles. The van der Waals surface area contributed by atoms with E-state index in [0.29, 0.717) is 23.2 Å². The van der Waals surface area contributed by atoms with E-state index < -0.39 is 27.6 Å². The summed E-state index contributed by atoms with van der Waals surface area (Å²) in [5, 5.41) is 6.61. The monoisotopic (exact) mass is 456 g/mol. The molecule has 8 nitrogen and oxygen atoms in total. The largest absolute Gasteiger partial charge is 0.360 e. The number of hydrogen-bond donors (Lipinski definition) is 1. The minimum Gasteiger partial charge on any atom is -0.360 e. The van der Waals surface area contributed by atoms with Gasteiger partial charge in [0.25, 0.3) is 0 Å². The van der Waals surface area contributed by atoms with E-state index in [-0.39, 0.29) is 40.3 Å². The van der Waals surface area contributed by atoms with Gasteiger partial charge in [0.15, 0.2) is 22.5 Å². The van der Waals surface area contributed by atoms with Crippen LogP contribution in [0, 0.1) is 31.4 Å². The van der Waals surface area contributed by atoms with Crippen LogP contribution in [-0.4, -0.2) is 41.9 Å². The number of nitrogens with one attached hydrogen (secondary N) is 1. The second-order valence-electron chi connectivity index (χ2n) is 7.07. The van der Waals surface area contributed by atoms with Crippen molar-refractivity contribution in [3.63, 3.8) is 0 Å². The number of piperidine rings is 1. The van der Waals surface area contributed by atoms with Crippen LogP contribution in [0.3, 0.4) is 0 Å². The topological polar surface area (TPSA) is 105 Å². The van der Waals surface area contributed by atoms with Gasteiger partial charge in [-0.1, -0.05) is 16.5 Å². The highest BCUT2D eigenvalue weighted by atomic mass is 32.2. The van der Waals surface area contributed by atoms with Gasteiger partial charge in [0.05, 0.1) is 10.2 Å². The molecule has 1 aromatic carbocycles. The maximum Gasteiger partial charge on any atom is 0.248 e. The summed E-state index contributed by atoms with van der Waals surface area (Å²) in [6.45, 7) is 3.48. The maximum absolute atomic E-state index is 13.3. The van der Waals surface area contributed by atoms with Crippen LogP contribution in [0.5, 0.6) is 0 Å². The number of fused-ring (bicyclic) bond motifs is 1. The van der Waals surface area contributed by atoms with Crippen molar-refractivity contribution in [1.82, 2.24) is 14.4 Å². The number of amides is 1. The fourth-order valence-electron chi connectivity index (χ4n) is 3.51. The van der Waals surface area contributed by atoms with Gasteiger partial charge >= 0.3 is 0 Å². The number of rotatable bonds is 4. The number of aryl methyl sites for hydroxylation is 2. The number of halogens is 2. The summed E-state index contributed by atoms with van der Waals surface area (Å²) in [5.41, 5.74) is 0.561. The molecule has 4 rings (SSSR count). The first-order valence-corrected chi connectivity index (χ1v) is 11.4. The van der Waals surface area contributed by atoms with Gasteiger partial charge in [-0.3, -0.25) is 4.79 Å². The standard InChI is InChI=1S/C18H18F2N4O4S2/c1-9-16(10(2)28-23-9)30(26,27)24-5-3-11(4-6-24)17(25)22-18-21-14-7-12(19)13(20)8-15(14)29-18/h7-8,11H,3-6H2,1-2H3,(H,21,22,25). The van der Waals surface area contributed by atoms with E-state index in [1.54, 1.807) is 13.8 Å². The lowest BCUT2D eigenvalue weighted by atomic mass is 9.97. The van der Waals surface area contributed by atoms with Gasteiger partial charge in [-0.2, -0.15) is 4.31 Å². The number of sulfonamides is 1. The Hall–Kier alpha value is -2.44. The molecule has 1 saturated heterocycles. The normalized spacial score (nSPS) is 16.3. The minimum atomic E-state index is -3.75. The molecule has 0 bridgehead atoms. The van der Waals surface area contributed by atoms with E-state index in [1.165, 1.54) is 4.31 Å². The lowest BCUT2D eigenvalue weighted by Gasteiger charge is -2.30. The Bertz CT molecular complexity index is 1170. The van der Waals surface area contributed by atoms with E-state index >= 15 is 0 Å².